The SMILES string of the molecule is Cc1cc(=O)oc2cc(Oc3ccc(Cl)nn3)ccc12. The molecule has 0 saturated carbocycles. The molecule has 6 heteroatoms. The summed E-state index contributed by atoms with van der Waals surface area (Å²) in [5.74, 6) is 0.812. The van der Waals surface area contributed by atoms with Gasteiger partial charge in [-0.3, -0.25) is 0 Å². The predicted molar refractivity (Wildman–Crippen MR) is 74.3 cm³/mol. The number of rotatable bonds is 2. The van der Waals surface area contributed by atoms with Crippen LogP contribution in [0.3, 0.4) is 0 Å². The van der Waals surface area contributed by atoms with Crippen LogP contribution in [0, 0.1) is 6.92 Å². The fourth-order valence-corrected chi connectivity index (χ4v) is 1.95. The number of benzene rings is 1. The van der Waals surface area contributed by atoms with E-state index >= 15 is 0 Å². The van der Waals surface area contributed by atoms with Crippen LogP contribution in [0.1, 0.15) is 5.56 Å². The van der Waals surface area contributed by atoms with Crippen LogP contribution in [0.2, 0.25) is 5.15 Å². The van der Waals surface area contributed by atoms with Gasteiger partial charge in [0.2, 0.25) is 5.88 Å². The summed E-state index contributed by atoms with van der Waals surface area (Å²) in [5.41, 5.74) is 0.932. The lowest BCUT2D eigenvalue weighted by Gasteiger charge is -2.05. The molecule has 0 aliphatic rings. The zero-order valence-electron chi connectivity index (χ0n) is 10.5. The van der Waals surface area contributed by atoms with E-state index in [0.29, 0.717) is 17.2 Å². The van der Waals surface area contributed by atoms with E-state index in [9.17, 15) is 4.79 Å². The van der Waals surface area contributed by atoms with E-state index in [1.807, 2.05) is 13.0 Å². The maximum absolute atomic E-state index is 11.4. The van der Waals surface area contributed by atoms with Crippen molar-refractivity contribution in [1.29, 1.82) is 0 Å². The molecular formula is C14H9ClN2O3. The summed E-state index contributed by atoms with van der Waals surface area (Å²) in [6.45, 7) is 1.85. The average molecular weight is 289 g/mol. The van der Waals surface area contributed by atoms with Crippen LogP contribution in [-0.4, -0.2) is 10.2 Å². The van der Waals surface area contributed by atoms with Gasteiger partial charge in [0.1, 0.15) is 11.3 Å². The molecule has 0 fully saturated rings. The Morgan fingerprint density at radius 3 is 2.75 bits per heavy atom. The first-order chi connectivity index (χ1) is 9.61. The van der Waals surface area contributed by atoms with Crippen LogP contribution < -0.4 is 10.4 Å². The van der Waals surface area contributed by atoms with Gasteiger partial charge >= 0.3 is 5.63 Å². The third-order valence-corrected chi connectivity index (χ3v) is 2.95. The highest BCUT2D eigenvalue weighted by molar-refractivity contribution is 6.29. The van der Waals surface area contributed by atoms with E-state index in [1.165, 1.54) is 6.07 Å². The van der Waals surface area contributed by atoms with Crippen molar-refractivity contribution in [2.45, 2.75) is 6.92 Å². The van der Waals surface area contributed by atoms with E-state index in [0.717, 1.165) is 10.9 Å². The number of aryl methyl sites for hydroxylation is 1. The topological polar surface area (TPSA) is 65.2 Å². The molecule has 0 aliphatic heterocycles. The Morgan fingerprint density at radius 2 is 2.00 bits per heavy atom. The van der Waals surface area contributed by atoms with Gasteiger partial charge in [0.15, 0.2) is 5.15 Å². The van der Waals surface area contributed by atoms with Gasteiger partial charge in [-0.25, -0.2) is 4.79 Å². The minimum Gasteiger partial charge on any atom is -0.437 e. The van der Waals surface area contributed by atoms with Crippen molar-refractivity contribution < 1.29 is 9.15 Å². The summed E-state index contributed by atoms with van der Waals surface area (Å²) in [7, 11) is 0. The fourth-order valence-electron chi connectivity index (χ4n) is 1.85. The Labute approximate surface area is 118 Å². The fraction of sp³-hybridized carbons (Fsp3) is 0.0714. The average Bonchev–Trinajstić information content (AvgIpc) is 2.41. The minimum atomic E-state index is -0.390. The maximum atomic E-state index is 11.4. The highest BCUT2D eigenvalue weighted by atomic mass is 35.5. The first-order valence-electron chi connectivity index (χ1n) is 5.83. The van der Waals surface area contributed by atoms with Gasteiger partial charge in [0, 0.05) is 23.6 Å². The molecule has 2 aromatic heterocycles. The van der Waals surface area contributed by atoms with Crippen LogP contribution in [-0.2, 0) is 0 Å². The maximum Gasteiger partial charge on any atom is 0.336 e. The van der Waals surface area contributed by atoms with E-state index < -0.39 is 5.63 Å². The van der Waals surface area contributed by atoms with Crippen LogP contribution in [0.4, 0.5) is 0 Å². The summed E-state index contributed by atoms with van der Waals surface area (Å²) in [5, 5.41) is 8.62. The first-order valence-corrected chi connectivity index (χ1v) is 6.21. The lowest BCUT2D eigenvalue weighted by Crippen LogP contribution is -1.98. The molecule has 0 unspecified atom stereocenters. The molecule has 0 atom stereocenters. The largest absolute Gasteiger partial charge is 0.437 e. The molecule has 20 heavy (non-hydrogen) atoms. The van der Waals surface area contributed by atoms with Gasteiger partial charge in [-0.2, -0.15) is 0 Å². The second kappa shape index (κ2) is 4.94. The van der Waals surface area contributed by atoms with Crippen molar-refractivity contribution in [3.63, 3.8) is 0 Å². The second-order valence-electron chi connectivity index (χ2n) is 4.20. The quantitative estimate of drug-likeness (QED) is 0.677. The number of hydrogen-bond acceptors (Lipinski definition) is 5. The van der Waals surface area contributed by atoms with E-state index in [4.69, 9.17) is 20.8 Å². The van der Waals surface area contributed by atoms with Gasteiger partial charge < -0.3 is 9.15 Å². The molecule has 3 aromatic rings. The van der Waals surface area contributed by atoms with Crippen LogP contribution >= 0.6 is 11.6 Å². The first kappa shape index (κ1) is 12.6. The zero-order valence-corrected chi connectivity index (χ0v) is 11.2. The minimum absolute atomic E-state index is 0.289. The summed E-state index contributed by atoms with van der Waals surface area (Å²) in [4.78, 5) is 11.4. The molecule has 3 rings (SSSR count). The molecular weight excluding hydrogens is 280 g/mol. The molecule has 100 valence electrons. The summed E-state index contributed by atoms with van der Waals surface area (Å²) < 4.78 is 10.7. The molecule has 2 heterocycles. The van der Waals surface area contributed by atoms with Crippen molar-refractivity contribution in [3.8, 4) is 11.6 Å². The monoisotopic (exact) mass is 288 g/mol. The lowest BCUT2D eigenvalue weighted by molar-refractivity contribution is 0.454. The second-order valence-corrected chi connectivity index (χ2v) is 4.59. The lowest BCUT2D eigenvalue weighted by atomic mass is 10.1. The van der Waals surface area contributed by atoms with Gasteiger partial charge in [-0.05, 0) is 30.7 Å². The van der Waals surface area contributed by atoms with Crippen molar-refractivity contribution in [2.24, 2.45) is 0 Å². The zero-order chi connectivity index (χ0) is 14.1. The Kier molecular flexibility index (Phi) is 3.12. The van der Waals surface area contributed by atoms with E-state index in [-0.39, 0.29) is 5.15 Å². The summed E-state index contributed by atoms with van der Waals surface area (Å²) in [6, 6.07) is 9.87. The number of fused-ring (bicyclic) bond motifs is 1. The molecule has 0 radical (unpaired) electrons. The summed E-state index contributed by atoms with van der Waals surface area (Å²) in [6.07, 6.45) is 0. The smallest absolute Gasteiger partial charge is 0.336 e. The van der Waals surface area contributed by atoms with E-state index in [2.05, 4.69) is 10.2 Å². The van der Waals surface area contributed by atoms with Crippen molar-refractivity contribution in [2.75, 3.05) is 0 Å². The summed E-state index contributed by atoms with van der Waals surface area (Å²) >= 11 is 5.65. The third kappa shape index (κ3) is 2.48. The Hall–Kier alpha value is -2.40. The highest BCUT2D eigenvalue weighted by Crippen LogP contribution is 2.25. The van der Waals surface area contributed by atoms with Crippen molar-refractivity contribution in [3.05, 3.63) is 57.5 Å². The Balaban J connectivity index is 2.00. The van der Waals surface area contributed by atoms with Crippen molar-refractivity contribution >= 4 is 22.6 Å². The Bertz CT molecular complexity index is 828. The van der Waals surface area contributed by atoms with Gasteiger partial charge in [0.25, 0.3) is 0 Å². The number of halogens is 1. The molecule has 0 N–H and O–H groups in total. The molecule has 0 saturated heterocycles. The highest BCUT2D eigenvalue weighted by Gasteiger charge is 2.05. The normalized spacial score (nSPS) is 10.7. The van der Waals surface area contributed by atoms with Crippen LogP contribution in [0.15, 0.2) is 45.6 Å². The number of hydrogen-bond donors (Lipinski definition) is 0. The van der Waals surface area contributed by atoms with Crippen LogP contribution in [0.25, 0.3) is 11.0 Å². The third-order valence-electron chi connectivity index (χ3n) is 2.75. The molecule has 1 aromatic carbocycles. The molecule has 5 nitrogen and oxygen atoms in total. The van der Waals surface area contributed by atoms with Crippen LogP contribution in [0.5, 0.6) is 11.6 Å². The predicted octanol–water partition coefficient (Wildman–Crippen LogP) is 3.34. The van der Waals surface area contributed by atoms with Crippen molar-refractivity contribution in [1.82, 2.24) is 10.2 Å². The van der Waals surface area contributed by atoms with Gasteiger partial charge in [0.05, 0.1) is 0 Å². The van der Waals surface area contributed by atoms with Gasteiger partial charge in [-0.15, -0.1) is 10.2 Å². The molecule has 0 spiro atoms. The molecule has 0 amide bonds. The standard InChI is InChI=1S/C14H9ClN2O3/c1-8-6-14(18)20-11-7-9(2-3-10(8)11)19-13-5-4-12(15)16-17-13/h2-7H,1H3. The number of ether oxygens (including phenoxy) is 1. The molecule has 0 aliphatic carbocycles. The number of nitrogens with zero attached hydrogens (tertiary/aromatic N) is 2. The Morgan fingerprint density at radius 1 is 1.15 bits per heavy atom. The van der Waals surface area contributed by atoms with E-state index in [1.54, 1.807) is 24.3 Å². The molecule has 0 bridgehead atoms. The van der Waals surface area contributed by atoms with Gasteiger partial charge in [-0.1, -0.05) is 11.6 Å². The number of aromatic nitrogens is 2.